The molecule has 1 unspecified atom stereocenters. The van der Waals surface area contributed by atoms with E-state index in [1.54, 1.807) is 12.1 Å². The van der Waals surface area contributed by atoms with Crippen LogP contribution in [0.5, 0.6) is 0 Å². The van der Waals surface area contributed by atoms with E-state index >= 15 is 0 Å². The number of hydrogen-bond donors (Lipinski definition) is 2. The van der Waals surface area contributed by atoms with Gasteiger partial charge in [0.05, 0.1) is 11.4 Å². The minimum absolute atomic E-state index is 0.111. The number of H-pyrrole nitrogens is 1. The number of amides is 1. The molecular weight excluding hydrogens is 343 g/mol. The lowest BCUT2D eigenvalue weighted by Gasteiger charge is -2.24. The normalized spacial score (nSPS) is 17.7. The predicted octanol–water partition coefficient (Wildman–Crippen LogP) is 1.98. The van der Waals surface area contributed by atoms with Gasteiger partial charge >= 0.3 is 0 Å². The Morgan fingerprint density at radius 3 is 2.81 bits per heavy atom. The maximum Gasteiger partial charge on any atom is 0.263 e. The van der Waals surface area contributed by atoms with Crippen LogP contribution in [0.15, 0.2) is 78.8 Å². The van der Waals surface area contributed by atoms with Crippen molar-refractivity contribution >= 4 is 11.6 Å². The first-order valence-corrected chi connectivity index (χ1v) is 8.85. The zero-order chi connectivity index (χ0) is 18.6. The molecule has 0 radical (unpaired) electrons. The molecule has 0 aliphatic carbocycles. The lowest BCUT2D eigenvalue weighted by molar-refractivity contribution is -0.390. The van der Waals surface area contributed by atoms with E-state index in [1.165, 1.54) is 12.1 Å². The quantitative estimate of drug-likeness (QED) is 0.854. The first kappa shape index (κ1) is 17.0. The molecule has 0 saturated carbocycles. The number of carbonyl (C=O) groups excluding carboxylic acids is 1. The van der Waals surface area contributed by atoms with Crippen LogP contribution < -0.4 is 15.6 Å². The van der Waals surface area contributed by atoms with Crippen molar-refractivity contribution in [1.29, 1.82) is 0 Å². The highest BCUT2D eigenvalue weighted by Gasteiger charge is 2.34. The second-order valence-electron chi connectivity index (χ2n) is 6.35. The van der Waals surface area contributed by atoms with Crippen molar-refractivity contribution in [3.05, 3.63) is 95.9 Å². The number of carbonyl (C=O) groups is 1. The maximum atomic E-state index is 13.3. The first-order chi connectivity index (χ1) is 13.2. The van der Waals surface area contributed by atoms with Gasteiger partial charge in [0, 0.05) is 31.3 Å². The summed E-state index contributed by atoms with van der Waals surface area (Å²) < 4.78 is 13.3. The van der Waals surface area contributed by atoms with Gasteiger partial charge in [0.15, 0.2) is 18.1 Å². The molecule has 2 aromatic rings. The Kier molecular flexibility index (Phi) is 4.70. The average molecular weight is 363 g/mol. The minimum Gasteiger partial charge on any atom is -0.355 e. The van der Waals surface area contributed by atoms with Crippen molar-refractivity contribution in [3.63, 3.8) is 0 Å². The topological polar surface area (TPSA) is 58.5 Å². The molecule has 5 nitrogen and oxygen atoms in total. The number of aromatic amines is 1. The van der Waals surface area contributed by atoms with Gasteiger partial charge in [-0.25, -0.2) is 9.37 Å². The van der Waals surface area contributed by atoms with Gasteiger partial charge in [0.1, 0.15) is 5.82 Å². The largest absolute Gasteiger partial charge is 0.355 e. The molecule has 0 bridgehead atoms. The number of allylic oxidation sites excluding steroid dienone is 3. The summed E-state index contributed by atoms with van der Waals surface area (Å²) in [5, 5.41) is 6.26. The number of benzene rings is 1. The number of halogens is 1. The number of hydrogen-bond acceptors (Lipinski definition) is 3. The number of rotatable bonds is 5. The third-order valence-electron chi connectivity index (χ3n) is 4.55. The summed E-state index contributed by atoms with van der Waals surface area (Å²) >= 11 is 0. The predicted molar refractivity (Wildman–Crippen MR) is 100 cm³/mol. The third-order valence-corrected chi connectivity index (χ3v) is 4.55. The second kappa shape index (κ2) is 7.45. The minimum atomic E-state index is -0.541. The standard InChI is InChI=1S/C21H19FN4O/c22-16-9-7-15(8-10-16)19-18-6-2-4-14-26(18)20(25-19)21(27)24-13-11-17-5-1-3-12-23-17/h1-10,12,14,20,25H,11,13H2,(H,24,27)/p+1. The van der Waals surface area contributed by atoms with Crippen molar-refractivity contribution in [3.8, 4) is 0 Å². The van der Waals surface area contributed by atoms with E-state index in [0.717, 1.165) is 29.1 Å². The summed E-state index contributed by atoms with van der Waals surface area (Å²) in [6, 6.07) is 12.1. The SMILES string of the molecule is O=C(NCCc1cccc[nH+]1)C1NC(c2ccc(F)cc2)=C2C=CC=CN21. The smallest absolute Gasteiger partial charge is 0.263 e. The molecule has 0 spiro atoms. The van der Waals surface area contributed by atoms with Crippen LogP contribution in [-0.4, -0.2) is 23.5 Å². The Balaban J connectivity index is 1.46. The lowest BCUT2D eigenvalue weighted by atomic mass is 10.1. The van der Waals surface area contributed by atoms with E-state index in [0.29, 0.717) is 6.54 Å². The van der Waals surface area contributed by atoms with Crippen LogP contribution in [0.25, 0.3) is 5.70 Å². The summed E-state index contributed by atoms with van der Waals surface area (Å²) in [6.45, 7) is 0.534. The molecule has 1 aromatic heterocycles. The van der Waals surface area contributed by atoms with Crippen molar-refractivity contribution in [2.45, 2.75) is 12.6 Å². The molecule has 2 aliphatic heterocycles. The van der Waals surface area contributed by atoms with Crippen LogP contribution in [0.3, 0.4) is 0 Å². The van der Waals surface area contributed by atoms with E-state index < -0.39 is 6.17 Å². The van der Waals surface area contributed by atoms with Gasteiger partial charge in [0.2, 0.25) is 0 Å². The number of pyridine rings is 1. The molecule has 1 amide bonds. The number of nitrogens with one attached hydrogen (secondary N) is 3. The van der Waals surface area contributed by atoms with Gasteiger partial charge in [-0.3, -0.25) is 4.79 Å². The monoisotopic (exact) mass is 363 g/mol. The summed E-state index contributed by atoms with van der Waals surface area (Å²) in [7, 11) is 0. The van der Waals surface area contributed by atoms with E-state index in [9.17, 15) is 9.18 Å². The van der Waals surface area contributed by atoms with Gasteiger partial charge in [-0.05, 0) is 42.0 Å². The van der Waals surface area contributed by atoms with Crippen LogP contribution in [0.1, 0.15) is 11.3 Å². The fourth-order valence-corrected chi connectivity index (χ4v) is 3.22. The van der Waals surface area contributed by atoms with E-state index in [2.05, 4.69) is 15.6 Å². The Morgan fingerprint density at radius 1 is 1.19 bits per heavy atom. The number of aromatic nitrogens is 1. The number of nitrogens with zero attached hydrogens (tertiary/aromatic N) is 1. The van der Waals surface area contributed by atoms with Crippen molar-refractivity contribution in [2.24, 2.45) is 0 Å². The molecule has 4 rings (SSSR count). The zero-order valence-corrected chi connectivity index (χ0v) is 14.7. The van der Waals surface area contributed by atoms with Gasteiger partial charge in [-0.2, -0.15) is 0 Å². The average Bonchev–Trinajstić information content (AvgIpc) is 3.09. The van der Waals surface area contributed by atoms with Crippen LogP contribution in [0, 0.1) is 5.82 Å². The molecule has 6 heteroatoms. The Hall–Kier alpha value is -3.41. The highest BCUT2D eigenvalue weighted by molar-refractivity contribution is 5.87. The Labute approximate surface area is 156 Å². The third kappa shape index (κ3) is 3.60. The molecule has 3 N–H and O–H groups in total. The van der Waals surface area contributed by atoms with Crippen molar-refractivity contribution in [1.82, 2.24) is 15.5 Å². The summed E-state index contributed by atoms with van der Waals surface area (Å²) in [5.41, 5.74) is 3.60. The molecule has 27 heavy (non-hydrogen) atoms. The van der Waals surface area contributed by atoms with Crippen LogP contribution >= 0.6 is 0 Å². The summed E-state index contributed by atoms with van der Waals surface area (Å²) in [4.78, 5) is 17.8. The molecule has 3 heterocycles. The lowest BCUT2D eigenvalue weighted by Crippen LogP contribution is -2.48. The fraction of sp³-hybridized carbons (Fsp3) is 0.143. The van der Waals surface area contributed by atoms with Gasteiger partial charge < -0.3 is 15.5 Å². The molecular formula is C21H20FN4O+. The van der Waals surface area contributed by atoms with E-state index in [1.807, 2.05) is 53.7 Å². The van der Waals surface area contributed by atoms with Crippen molar-refractivity contribution < 1.29 is 14.2 Å². The highest BCUT2D eigenvalue weighted by Crippen LogP contribution is 2.30. The Morgan fingerprint density at radius 2 is 2.04 bits per heavy atom. The van der Waals surface area contributed by atoms with Crippen LogP contribution in [0.4, 0.5) is 4.39 Å². The second-order valence-corrected chi connectivity index (χ2v) is 6.35. The fourth-order valence-electron chi connectivity index (χ4n) is 3.22. The van der Waals surface area contributed by atoms with E-state index in [4.69, 9.17) is 0 Å². The van der Waals surface area contributed by atoms with Crippen molar-refractivity contribution in [2.75, 3.05) is 6.54 Å². The van der Waals surface area contributed by atoms with Crippen LogP contribution in [0.2, 0.25) is 0 Å². The zero-order valence-electron chi connectivity index (χ0n) is 14.7. The van der Waals surface area contributed by atoms with Gasteiger partial charge in [-0.15, -0.1) is 0 Å². The number of fused-ring (bicyclic) bond motifs is 1. The van der Waals surface area contributed by atoms with Crippen LogP contribution in [-0.2, 0) is 11.2 Å². The molecule has 2 aliphatic rings. The molecule has 136 valence electrons. The summed E-state index contributed by atoms with van der Waals surface area (Å²) in [5.74, 6) is -0.397. The first-order valence-electron chi connectivity index (χ1n) is 8.85. The summed E-state index contributed by atoms with van der Waals surface area (Å²) in [6.07, 6.45) is 9.67. The molecule has 0 saturated heterocycles. The Bertz CT molecular complexity index is 919. The van der Waals surface area contributed by atoms with Gasteiger partial charge in [-0.1, -0.05) is 12.1 Å². The molecule has 1 aromatic carbocycles. The van der Waals surface area contributed by atoms with E-state index in [-0.39, 0.29) is 11.7 Å². The molecule has 0 fully saturated rings. The highest BCUT2D eigenvalue weighted by atomic mass is 19.1. The van der Waals surface area contributed by atoms with Gasteiger partial charge in [0.25, 0.3) is 5.91 Å². The maximum absolute atomic E-state index is 13.3. The molecule has 1 atom stereocenters.